The first-order valence-corrected chi connectivity index (χ1v) is 8.49. The van der Waals surface area contributed by atoms with Gasteiger partial charge in [-0.25, -0.2) is 4.98 Å². The average molecular weight is 340 g/mol. The lowest BCUT2D eigenvalue weighted by atomic mass is 10.0. The van der Waals surface area contributed by atoms with Crippen molar-refractivity contribution in [3.8, 4) is 0 Å². The number of benzene rings is 1. The molecule has 0 saturated heterocycles. The van der Waals surface area contributed by atoms with Gasteiger partial charge in [0.2, 0.25) is 0 Å². The van der Waals surface area contributed by atoms with Crippen molar-refractivity contribution in [3.05, 3.63) is 47.1 Å². The van der Waals surface area contributed by atoms with E-state index < -0.39 is 0 Å². The molecule has 2 aromatic heterocycles. The van der Waals surface area contributed by atoms with Gasteiger partial charge in [-0.2, -0.15) is 0 Å². The molecular weight excluding hydrogens is 324 g/mol. The van der Waals surface area contributed by atoms with Gasteiger partial charge in [-0.15, -0.1) is 11.3 Å². The van der Waals surface area contributed by atoms with E-state index in [1.165, 1.54) is 11.3 Å². The molecule has 0 bridgehead atoms. The Morgan fingerprint density at radius 1 is 1.38 bits per heavy atom. The largest absolute Gasteiger partial charge is 0.348 e. The third kappa shape index (κ3) is 2.28. The predicted molar refractivity (Wildman–Crippen MR) is 93.7 cm³/mol. The van der Waals surface area contributed by atoms with Crippen LogP contribution < -0.4 is 10.6 Å². The van der Waals surface area contributed by atoms with Gasteiger partial charge in [-0.1, -0.05) is 6.07 Å². The number of anilines is 1. The molecule has 3 heterocycles. The van der Waals surface area contributed by atoms with E-state index in [9.17, 15) is 9.59 Å². The van der Waals surface area contributed by atoms with Gasteiger partial charge in [0, 0.05) is 34.6 Å². The zero-order valence-electron chi connectivity index (χ0n) is 13.3. The number of fused-ring (bicyclic) bond motifs is 3. The second-order valence-corrected chi connectivity index (χ2v) is 7.32. The first-order valence-electron chi connectivity index (χ1n) is 7.61. The molecule has 0 spiro atoms. The number of thiazole rings is 1. The van der Waals surface area contributed by atoms with Gasteiger partial charge in [-0.05, 0) is 32.0 Å². The summed E-state index contributed by atoms with van der Waals surface area (Å²) in [6.07, 6.45) is 1.65. The highest BCUT2D eigenvalue weighted by Crippen LogP contribution is 2.31. The van der Waals surface area contributed by atoms with Gasteiger partial charge in [0.15, 0.2) is 5.13 Å². The highest BCUT2D eigenvalue weighted by atomic mass is 32.1. The monoisotopic (exact) mass is 340 g/mol. The fraction of sp³-hybridized carbons (Fsp3) is 0.235. The Morgan fingerprint density at radius 2 is 2.21 bits per heavy atom. The van der Waals surface area contributed by atoms with E-state index in [-0.39, 0.29) is 17.4 Å². The van der Waals surface area contributed by atoms with E-state index in [1.807, 2.05) is 28.1 Å². The van der Waals surface area contributed by atoms with Crippen LogP contribution in [0.5, 0.6) is 0 Å². The maximum Gasteiger partial charge on any atom is 0.268 e. The number of nitrogens with zero attached hydrogens (tertiary/aromatic N) is 2. The topological polar surface area (TPSA) is 76.0 Å². The van der Waals surface area contributed by atoms with Gasteiger partial charge in [0.05, 0.1) is 5.54 Å². The highest BCUT2D eigenvalue weighted by Gasteiger charge is 2.32. The minimum atomic E-state index is -0.255. The summed E-state index contributed by atoms with van der Waals surface area (Å²) in [6, 6.07) is 7.35. The number of rotatable bonds is 2. The summed E-state index contributed by atoms with van der Waals surface area (Å²) in [6.45, 7) is 4.69. The Bertz CT molecular complexity index is 957. The first kappa shape index (κ1) is 14.9. The maximum atomic E-state index is 12.4. The van der Waals surface area contributed by atoms with E-state index in [2.05, 4.69) is 29.5 Å². The zero-order valence-corrected chi connectivity index (χ0v) is 14.1. The summed E-state index contributed by atoms with van der Waals surface area (Å²) in [4.78, 5) is 28.7. The second-order valence-electron chi connectivity index (χ2n) is 6.43. The Hall–Kier alpha value is -2.67. The van der Waals surface area contributed by atoms with Crippen LogP contribution in [0.15, 0.2) is 35.8 Å². The van der Waals surface area contributed by atoms with Crippen molar-refractivity contribution in [3.63, 3.8) is 0 Å². The summed E-state index contributed by atoms with van der Waals surface area (Å²) in [5.41, 5.74) is 1.80. The molecule has 0 radical (unpaired) electrons. The van der Waals surface area contributed by atoms with Crippen molar-refractivity contribution in [1.82, 2.24) is 14.9 Å². The van der Waals surface area contributed by atoms with Crippen LogP contribution in [0.2, 0.25) is 0 Å². The van der Waals surface area contributed by atoms with E-state index in [1.54, 1.807) is 12.3 Å². The molecule has 2 N–H and O–H groups in total. The lowest BCUT2D eigenvalue weighted by Crippen LogP contribution is -2.47. The molecular formula is C17H16N4O2S. The van der Waals surface area contributed by atoms with Crippen molar-refractivity contribution < 1.29 is 9.59 Å². The molecule has 1 aliphatic heterocycles. The predicted octanol–water partition coefficient (Wildman–Crippen LogP) is 2.83. The number of hydrogen-bond acceptors (Lipinski definition) is 4. The van der Waals surface area contributed by atoms with Crippen molar-refractivity contribution in [2.75, 3.05) is 11.9 Å². The smallest absolute Gasteiger partial charge is 0.268 e. The number of nitrogens with one attached hydrogen (secondary N) is 2. The van der Waals surface area contributed by atoms with Crippen LogP contribution in [0.1, 0.15) is 34.7 Å². The minimum Gasteiger partial charge on any atom is -0.348 e. The van der Waals surface area contributed by atoms with Crippen molar-refractivity contribution in [2.24, 2.45) is 0 Å². The molecule has 4 rings (SSSR count). The summed E-state index contributed by atoms with van der Waals surface area (Å²) in [5.74, 6) is -0.292. The number of aromatic nitrogens is 2. The Kier molecular flexibility index (Phi) is 3.21. The molecule has 0 saturated carbocycles. The molecule has 7 heteroatoms. The molecule has 1 aliphatic rings. The lowest BCUT2D eigenvalue weighted by Gasteiger charge is -2.34. The van der Waals surface area contributed by atoms with Gasteiger partial charge >= 0.3 is 0 Å². The lowest BCUT2D eigenvalue weighted by molar-refractivity contribution is 0.0891. The molecule has 1 aromatic carbocycles. The van der Waals surface area contributed by atoms with Crippen LogP contribution in [-0.2, 0) is 5.54 Å². The van der Waals surface area contributed by atoms with Crippen molar-refractivity contribution in [1.29, 1.82) is 0 Å². The van der Waals surface area contributed by atoms with E-state index >= 15 is 0 Å². The molecule has 0 unspecified atom stereocenters. The fourth-order valence-corrected chi connectivity index (χ4v) is 3.61. The third-order valence-corrected chi connectivity index (χ3v) is 4.93. The summed E-state index contributed by atoms with van der Waals surface area (Å²) in [5, 5.41) is 9.02. The normalized spacial score (nSPS) is 15.8. The van der Waals surface area contributed by atoms with Crippen molar-refractivity contribution in [2.45, 2.75) is 19.4 Å². The molecule has 24 heavy (non-hydrogen) atoms. The van der Waals surface area contributed by atoms with Crippen LogP contribution in [-0.4, -0.2) is 27.9 Å². The maximum absolute atomic E-state index is 12.4. The van der Waals surface area contributed by atoms with Gasteiger partial charge < -0.3 is 9.88 Å². The summed E-state index contributed by atoms with van der Waals surface area (Å²) < 4.78 is 2.02. The number of carbonyl (C=O) groups excluding carboxylic acids is 2. The quantitative estimate of drug-likeness (QED) is 0.753. The Morgan fingerprint density at radius 3 is 2.96 bits per heavy atom. The molecule has 0 aliphatic carbocycles. The van der Waals surface area contributed by atoms with E-state index in [0.717, 1.165) is 10.9 Å². The average Bonchev–Trinajstić information content (AvgIpc) is 3.18. The standard InChI is InChI=1S/C17H16N4O2S/c1-17(2)9-19-15(23)13-7-10-3-4-11(8-12(10)21(13)17)14(22)20-16-18-5-6-24-16/h3-8H,9H2,1-2H3,(H,19,23)(H,18,20,22). The van der Waals surface area contributed by atoms with Gasteiger partial charge in [0.1, 0.15) is 5.69 Å². The number of amides is 2. The molecule has 3 aromatic rings. The second kappa shape index (κ2) is 5.17. The van der Waals surface area contributed by atoms with Crippen LogP contribution in [0.3, 0.4) is 0 Å². The van der Waals surface area contributed by atoms with Crippen LogP contribution in [0, 0.1) is 0 Å². The van der Waals surface area contributed by atoms with Crippen LogP contribution in [0.4, 0.5) is 5.13 Å². The summed E-state index contributed by atoms with van der Waals surface area (Å²) >= 11 is 1.37. The molecule has 122 valence electrons. The van der Waals surface area contributed by atoms with Crippen molar-refractivity contribution >= 4 is 39.2 Å². The summed E-state index contributed by atoms with van der Waals surface area (Å²) in [7, 11) is 0. The van der Waals surface area contributed by atoms with Gasteiger partial charge in [-0.3, -0.25) is 14.9 Å². The van der Waals surface area contributed by atoms with E-state index in [0.29, 0.717) is 22.9 Å². The SMILES string of the molecule is CC1(C)CNC(=O)c2cc3ccc(C(=O)Nc4nccs4)cc3n21. The molecule has 2 amide bonds. The highest BCUT2D eigenvalue weighted by molar-refractivity contribution is 7.13. The third-order valence-electron chi connectivity index (χ3n) is 4.24. The Balaban J connectivity index is 1.81. The number of hydrogen-bond donors (Lipinski definition) is 2. The number of carbonyl (C=O) groups is 2. The molecule has 0 atom stereocenters. The fourth-order valence-electron chi connectivity index (χ4n) is 3.08. The van der Waals surface area contributed by atoms with Gasteiger partial charge in [0.25, 0.3) is 11.8 Å². The zero-order chi connectivity index (χ0) is 16.9. The molecule has 0 fully saturated rings. The Labute approximate surface area is 142 Å². The van der Waals surface area contributed by atoms with Crippen LogP contribution >= 0.6 is 11.3 Å². The molecule has 6 nitrogen and oxygen atoms in total. The van der Waals surface area contributed by atoms with Crippen LogP contribution in [0.25, 0.3) is 10.9 Å². The minimum absolute atomic E-state index is 0.0840. The first-order chi connectivity index (χ1) is 11.5. The van der Waals surface area contributed by atoms with E-state index in [4.69, 9.17) is 0 Å².